The minimum Gasteiger partial charge on any atom is -0.455 e. The highest BCUT2D eigenvalue weighted by Gasteiger charge is 2.78. The van der Waals surface area contributed by atoms with E-state index < -0.39 is 125 Å². The molecule has 4 aliphatic rings. The Bertz CT molecular complexity index is 2250. The summed E-state index contributed by atoms with van der Waals surface area (Å²) in [5.74, 6) is -6.76. The molecular weight excluding hydrogens is 859 g/mol. The number of Topliss-reactive ketones (excluding diaryl/α,β-unsaturated/α-hetero) is 2. The van der Waals surface area contributed by atoms with Crippen molar-refractivity contribution < 1.29 is 77.3 Å². The van der Waals surface area contributed by atoms with Gasteiger partial charge in [0.2, 0.25) is 6.10 Å². The van der Waals surface area contributed by atoms with Gasteiger partial charge in [0.15, 0.2) is 11.4 Å². The second-order valence-electron chi connectivity index (χ2n) is 19.4. The summed E-state index contributed by atoms with van der Waals surface area (Å²) in [7, 11) is 0. The number of nitrogens with one attached hydrogen (secondary N) is 1. The molecule has 1 saturated heterocycles. The van der Waals surface area contributed by atoms with Crippen LogP contribution in [-0.2, 0) is 52.4 Å². The number of hydrogen-bond donors (Lipinski definition) is 4. The van der Waals surface area contributed by atoms with Gasteiger partial charge in [0.05, 0.1) is 36.0 Å². The molecule has 0 spiro atoms. The Morgan fingerprint density at radius 2 is 1.55 bits per heavy atom. The summed E-state index contributed by atoms with van der Waals surface area (Å²) in [5.41, 5.74) is -8.66. The van der Waals surface area contributed by atoms with Crippen LogP contribution in [0.25, 0.3) is 0 Å². The summed E-state index contributed by atoms with van der Waals surface area (Å²) in [5, 5.41) is 40.6. The predicted octanol–water partition coefficient (Wildman–Crippen LogP) is 4.57. The number of carbonyl (C=O) groups is 7. The van der Waals surface area contributed by atoms with Crippen molar-refractivity contribution in [1.82, 2.24) is 5.32 Å². The van der Waals surface area contributed by atoms with Gasteiger partial charge >= 0.3 is 30.0 Å². The molecule has 0 aromatic heterocycles. The van der Waals surface area contributed by atoms with E-state index in [1.54, 1.807) is 76.2 Å². The normalized spacial score (nSPS) is 30.9. The molecule has 2 saturated carbocycles. The van der Waals surface area contributed by atoms with Gasteiger partial charge in [-0.25, -0.2) is 14.4 Å². The first-order valence-corrected chi connectivity index (χ1v) is 22.2. The van der Waals surface area contributed by atoms with Crippen LogP contribution < -0.4 is 5.32 Å². The first-order valence-electron chi connectivity index (χ1n) is 22.2. The number of ether oxygens (including phenoxy) is 6. The van der Waals surface area contributed by atoms with E-state index in [0.717, 1.165) is 6.92 Å². The number of fused-ring (bicyclic) bond motifs is 5. The van der Waals surface area contributed by atoms with Crippen molar-refractivity contribution in [3.8, 4) is 0 Å². The molecule has 358 valence electrons. The van der Waals surface area contributed by atoms with Gasteiger partial charge in [-0.05, 0) is 63.5 Å². The van der Waals surface area contributed by atoms with Gasteiger partial charge in [0.25, 0.3) is 0 Å². The zero-order valence-corrected chi connectivity index (χ0v) is 38.8. The van der Waals surface area contributed by atoms with Crippen LogP contribution in [0.3, 0.4) is 0 Å². The predicted molar refractivity (Wildman–Crippen MR) is 232 cm³/mol. The average molecular weight is 920 g/mol. The molecule has 11 atom stereocenters. The van der Waals surface area contributed by atoms with Gasteiger partial charge in [0, 0.05) is 38.0 Å². The van der Waals surface area contributed by atoms with Crippen molar-refractivity contribution >= 4 is 41.5 Å². The number of aliphatic hydroxyl groups excluding tert-OH is 2. The summed E-state index contributed by atoms with van der Waals surface area (Å²) in [6.07, 6.45) is -12.4. The summed E-state index contributed by atoms with van der Waals surface area (Å²) < 4.78 is 35.8. The molecule has 17 nitrogen and oxygen atoms in total. The summed E-state index contributed by atoms with van der Waals surface area (Å²) in [6, 6.07) is 14.4. The highest BCUT2D eigenvalue weighted by Crippen LogP contribution is 2.64. The average Bonchev–Trinajstić information content (AvgIpc) is 3.25. The van der Waals surface area contributed by atoms with E-state index in [2.05, 4.69) is 5.32 Å². The molecule has 3 fully saturated rings. The quantitative estimate of drug-likeness (QED) is 0.122. The van der Waals surface area contributed by atoms with Crippen LogP contribution in [-0.4, -0.2) is 117 Å². The number of amides is 1. The second kappa shape index (κ2) is 18.7. The lowest BCUT2D eigenvalue weighted by Crippen LogP contribution is -2.81. The van der Waals surface area contributed by atoms with Crippen molar-refractivity contribution in [3.05, 3.63) is 82.9 Å². The zero-order valence-electron chi connectivity index (χ0n) is 38.8. The Balaban J connectivity index is 1.52. The van der Waals surface area contributed by atoms with Crippen molar-refractivity contribution in [1.29, 1.82) is 0 Å². The molecule has 1 amide bonds. The third kappa shape index (κ3) is 9.14. The maximum Gasteiger partial charge on any atom is 0.408 e. The van der Waals surface area contributed by atoms with E-state index in [1.807, 2.05) is 0 Å². The fourth-order valence-corrected chi connectivity index (χ4v) is 10.3. The van der Waals surface area contributed by atoms with Gasteiger partial charge in [-0.15, -0.1) is 0 Å². The fraction of sp³-hybridized carbons (Fsp3) is 0.571. The van der Waals surface area contributed by atoms with E-state index in [-0.39, 0.29) is 53.9 Å². The van der Waals surface area contributed by atoms with Crippen LogP contribution in [0.1, 0.15) is 116 Å². The zero-order chi connectivity index (χ0) is 48.7. The minimum atomic E-state index is -2.44. The van der Waals surface area contributed by atoms with Crippen molar-refractivity contribution in [2.24, 2.45) is 16.7 Å². The number of aliphatic hydroxyl groups is 3. The van der Waals surface area contributed by atoms with Crippen LogP contribution >= 0.6 is 0 Å². The number of rotatable bonds is 13. The number of ketones is 2. The minimum absolute atomic E-state index is 0.0498. The molecule has 2 aromatic carbocycles. The molecule has 17 heteroatoms. The summed E-state index contributed by atoms with van der Waals surface area (Å²) in [6.45, 7) is 13.2. The first kappa shape index (κ1) is 49.9. The van der Waals surface area contributed by atoms with Crippen molar-refractivity contribution in [3.63, 3.8) is 0 Å². The van der Waals surface area contributed by atoms with Crippen LogP contribution in [0.2, 0.25) is 0 Å². The first-order chi connectivity index (χ1) is 30.8. The lowest BCUT2D eigenvalue weighted by molar-refractivity contribution is -0.346. The van der Waals surface area contributed by atoms with Gasteiger partial charge < -0.3 is 49.1 Å². The smallest absolute Gasteiger partial charge is 0.408 e. The molecule has 1 aliphatic heterocycles. The van der Waals surface area contributed by atoms with E-state index in [1.165, 1.54) is 39.8 Å². The van der Waals surface area contributed by atoms with Crippen LogP contribution in [0.15, 0.2) is 71.8 Å². The van der Waals surface area contributed by atoms with E-state index in [0.29, 0.717) is 0 Å². The van der Waals surface area contributed by atoms with Crippen molar-refractivity contribution in [2.75, 3.05) is 6.61 Å². The van der Waals surface area contributed by atoms with Gasteiger partial charge in [0.1, 0.15) is 47.4 Å². The molecule has 66 heavy (non-hydrogen) atoms. The molecule has 6 rings (SSSR count). The SMILES string of the molecule is CCC(=O)CCC(=O)O[C@@H](C(=O)O[C@H]1C[C@@]2(O)C(OC(=O)c3ccccc3)C3[C@](C)(C(=O)[C@H](O)C(=C1C)C2(C)C)[C@@H](O)C[C@H]1OC[C@@]31OC(C)=O)[C@@H](NC(=O)OC(C)(C)C)c1ccccc1. The van der Waals surface area contributed by atoms with Crippen LogP contribution in [0, 0.1) is 16.7 Å². The maximum atomic E-state index is 15.2. The highest BCUT2D eigenvalue weighted by atomic mass is 16.6. The Hall–Kier alpha value is -5.49. The Morgan fingerprint density at radius 1 is 0.924 bits per heavy atom. The number of benzene rings is 2. The fourth-order valence-electron chi connectivity index (χ4n) is 10.3. The maximum absolute atomic E-state index is 15.2. The molecule has 4 N–H and O–H groups in total. The van der Waals surface area contributed by atoms with E-state index >= 15 is 4.79 Å². The van der Waals surface area contributed by atoms with Crippen molar-refractivity contribution in [2.45, 2.75) is 154 Å². The lowest BCUT2D eigenvalue weighted by atomic mass is 9.44. The Morgan fingerprint density at radius 3 is 2.11 bits per heavy atom. The monoisotopic (exact) mass is 919 g/mol. The second-order valence-corrected chi connectivity index (χ2v) is 19.4. The Labute approximate surface area is 383 Å². The van der Waals surface area contributed by atoms with E-state index in [9.17, 15) is 44.1 Å². The van der Waals surface area contributed by atoms with Gasteiger partial charge in [-0.2, -0.15) is 0 Å². The van der Waals surface area contributed by atoms with Crippen LogP contribution in [0.4, 0.5) is 4.79 Å². The highest BCUT2D eigenvalue weighted by molar-refractivity contribution is 5.94. The number of esters is 4. The lowest BCUT2D eigenvalue weighted by Gasteiger charge is -2.67. The number of alkyl carbamates (subject to hydrolysis) is 1. The van der Waals surface area contributed by atoms with Crippen LogP contribution in [0.5, 0.6) is 0 Å². The Kier molecular flexibility index (Phi) is 14.1. The summed E-state index contributed by atoms with van der Waals surface area (Å²) >= 11 is 0. The number of carbonyl (C=O) groups excluding carboxylic acids is 7. The molecule has 2 bridgehead atoms. The molecule has 2 unspecified atom stereocenters. The number of hydrogen-bond acceptors (Lipinski definition) is 16. The van der Waals surface area contributed by atoms with E-state index in [4.69, 9.17) is 28.4 Å². The molecular formula is C49H61NO16. The molecule has 1 heterocycles. The molecule has 3 aliphatic carbocycles. The molecule has 2 aromatic rings. The largest absolute Gasteiger partial charge is 0.455 e. The third-order valence-electron chi connectivity index (χ3n) is 13.8. The molecule has 0 radical (unpaired) electrons. The summed E-state index contributed by atoms with van der Waals surface area (Å²) in [4.78, 5) is 96.5. The topological polar surface area (TPSA) is 248 Å². The standard InChI is InChI=1S/C49H61NO16/c1-10-30(52)21-22-34(54)63-38(36(28-17-13-11-14-18-28)50-44(59)66-45(4,5)6)43(58)62-31-24-49(60)41(64-42(57)29-19-15-12-16-20-29)39-47(9,40(56)37(55)35(26(31)2)46(49,7)8)32(53)23-33-48(39,25-61-33)65-27(3)51/h11-20,31-33,36-39,41,53,55,60H,10,21-25H2,1-9H3,(H,50,59)/t31-,32-,33+,36-,37+,38+,39?,41?,47+,48-,49+/m0/s1. The third-order valence-corrected chi connectivity index (χ3v) is 13.8. The van der Waals surface area contributed by atoms with Gasteiger partial charge in [-0.3, -0.25) is 19.2 Å². The van der Waals surface area contributed by atoms with Gasteiger partial charge in [-0.1, -0.05) is 69.3 Å².